The Morgan fingerprint density at radius 3 is 2.60 bits per heavy atom. The number of ether oxygens (including phenoxy) is 2. The molecule has 0 unspecified atom stereocenters. The number of nitrogens with zero attached hydrogens (tertiary/aromatic N) is 2. The lowest BCUT2D eigenvalue weighted by molar-refractivity contribution is -0.140. The van der Waals surface area contributed by atoms with Crippen molar-refractivity contribution in [1.82, 2.24) is 9.38 Å². The van der Waals surface area contributed by atoms with E-state index >= 15 is 0 Å². The van der Waals surface area contributed by atoms with E-state index in [0.29, 0.717) is 18.0 Å². The van der Waals surface area contributed by atoms with Crippen LogP contribution in [0.2, 0.25) is 0 Å². The van der Waals surface area contributed by atoms with Crippen molar-refractivity contribution < 1.29 is 14.3 Å². The number of rotatable bonds is 7. The molecule has 0 saturated heterocycles. The first-order chi connectivity index (χ1) is 17.1. The average Bonchev–Trinajstić information content (AvgIpc) is 3.26. The van der Waals surface area contributed by atoms with Crippen LogP contribution in [0.3, 0.4) is 0 Å². The summed E-state index contributed by atoms with van der Waals surface area (Å²) in [7, 11) is 1.60. The minimum Gasteiger partial charge on any atom is -0.493 e. The average molecular weight is 470 g/mol. The molecule has 2 aromatic carbocycles. The molecule has 1 saturated carbocycles. The molecule has 0 amide bonds. The predicted octanol–water partition coefficient (Wildman–Crippen LogP) is 6.42. The summed E-state index contributed by atoms with van der Waals surface area (Å²) in [6.07, 6.45) is 7.20. The summed E-state index contributed by atoms with van der Waals surface area (Å²) in [4.78, 5) is 17.6. The first-order valence-corrected chi connectivity index (χ1v) is 12.3. The van der Waals surface area contributed by atoms with Gasteiger partial charge in [0.1, 0.15) is 17.2 Å². The van der Waals surface area contributed by atoms with E-state index in [4.69, 9.17) is 14.5 Å². The Balaban J connectivity index is 1.47. The standard InChI is InChI=1S/C29H31N3O3/c1-20-15-16-32-26(17-20)31-27(28(32)30-19-21-9-5-3-6-10-21)23-13-14-24(25(18-23)34-2)35-29(33)22-11-7-4-8-12-22/h3,5-6,9-10,13-18,22,30H,4,7-8,11-12,19H2,1-2H3. The summed E-state index contributed by atoms with van der Waals surface area (Å²) in [6, 6.07) is 20.1. The number of aromatic nitrogens is 2. The lowest BCUT2D eigenvalue weighted by Crippen LogP contribution is -2.22. The van der Waals surface area contributed by atoms with E-state index in [1.165, 1.54) is 12.0 Å². The molecule has 1 aliphatic carbocycles. The van der Waals surface area contributed by atoms with Gasteiger partial charge in [0.15, 0.2) is 11.5 Å². The van der Waals surface area contributed by atoms with Gasteiger partial charge in [0.05, 0.1) is 13.0 Å². The molecule has 1 N–H and O–H groups in total. The largest absolute Gasteiger partial charge is 0.493 e. The highest BCUT2D eigenvalue weighted by atomic mass is 16.6. The van der Waals surface area contributed by atoms with E-state index < -0.39 is 0 Å². The summed E-state index contributed by atoms with van der Waals surface area (Å²) in [5.41, 5.74) is 4.89. The molecule has 0 spiro atoms. The number of hydrogen-bond donors (Lipinski definition) is 1. The number of anilines is 1. The highest BCUT2D eigenvalue weighted by Gasteiger charge is 2.24. The summed E-state index contributed by atoms with van der Waals surface area (Å²) in [6.45, 7) is 2.73. The van der Waals surface area contributed by atoms with E-state index in [0.717, 1.165) is 54.0 Å². The van der Waals surface area contributed by atoms with Crippen molar-refractivity contribution in [3.05, 3.63) is 78.0 Å². The fourth-order valence-electron chi connectivity index (χ4n) is 4.73. The van der Waals surface area contributed by atoms with Gasteiger partial charge in [-0.25, -0.2) is 4.98 Å². The van der Waals surface area contributed by atoms with Crippen molar-refractivity contribution in [3.8, 4) is 22.8 Å². The molecule has 6 nitrogen and oxygen atoms in total. The number of aryl methyl sites for hydroxylation is 1. The molecule has 0 bridgehead atoms. The third-order valence-corrected chi connectivity index (χ3v) is 6.67. The third-order valence-electron chi connectivity index (χ3n) is 6.67. The fourth-order valence-corrected chi connectivity index (χ4v) is 4.73. The van der Waals surface area contributed by atoms with Crippen LogP contribution in [-0.4, -0.2) is 22.5 Å². The van der Waals surface area contributed by atoms with Crippen LogP contribution in [0.4, 0.5) is 5.82 Å². The normalized spacial score (nSPS) is 14.1. The Morgan fingerprint density at radius 2 is 1.83 bits per heavy atom. The molecule has 4 aromatic rings. The van der Waals surface area contributed by atoms with Gasteiger partial charge in [0.2, 0.25) is 0 Å². The van der Waals surface area contributed by atoms with E-state index in [1.54, 1.807) is 7.11 Å². The summed E-state index contributed by atoms with van der Waals surface area (Å²) >= 11 is 0. The molecule has 2 aromatic heterocycles. The molecule has 0 aliphatic heterocycles. The number of nitrogens with one attached hydrogen (secondary N) is 1. The van der Waals surface area contributed by atoms with Crippen molar-refractivity contribution in [2.24, 2.45) is 5.92 Å². The second kappa shape index (κ2) is 10.2. The molecular weight excluding hydrogens is 438 g/mol. The summed E-state index contributed by atoms with van der Waals surface area (Å²) in [5.74, 6) is 1.68. The van der Waals surface area contributed by atoms with Gasteiger partial charge in [0.25, 0.3) is 0 Å². The van der Waals surface area contributed by atoms with Crippen LogP contribution in [0.1, 0.15) is 43.2 Å². The van der Waals surface area contributed by atoms with E-state index in [9.17, 15) is 4.79 Å². The van der Waals surface area contributed by atoms with Gasteiger partial charge >= 0.3 is 5.97 Å². The van der Waals surface area contributed by atoms with Gasteiger partial charge in [-0.3, -0.25) is 9.20 Å². The van der Waals surface area contributed by atoms with E-state index in [1.807, 2.05) is 42.6 Å². The number of pyridine rings is 1. The molecule has 0 radical (unpaired) electrons. The van der Waals surface area contributed by atoms with Crippen molar-refractivity contribution in [2.75, 3.05) is 12.4 Å². The van der Waals surface area contributed by atoms with E-state index in [2.05, 4.69) is 40.9 Å². The smallest absolute Gasteiger partial charge is 0.314 e. The highest BCUT2D eigenvalue weighted by molar-refractivity contribution is 5.80. The second-order valence-electron chi connectivity index (χ2n) is 9.20. The van der Waals surface area contributed by atoms with E-state index in [-0.39, 0.29) is 11.9 Å². The lowest BCUT2D eigenvalue weighted by atomic mass is 9.89. The van der Waals surface area contributed by atoms with Crippen LogP contribution in [0.5, 0.6) is 11.5 Å². The highest BCUT2D eigenvalue weighted by Crippen LogP contribution is 2.37. The molecule has 35 heavy (non-hydrogen) atoms. The van der Waals surface area contributed by atoms with Crippen LogP contribution in [-0.2, 0) is 11.3 Å². The van der Waals surface area contributed by atoms with Gasteiger partial charge in [-0.1, -0.05) is 49.6 Å². The number of carbonyl (C=O) groups excluding carboxylic acids is 1. The molecule has 6 heteroatoms. The van der Waals surface area contributed by atoms with Gasteiger partial charge in [-0.05, 0) is 61.2 Å². The lowest BCUT2D eigenvalue weighted by Gasteiger charge is -2.20. The second-order valence-corrected chi connectivity index (χ2v) is 9.20. The Morgan fingerprint density at radius 1 is 1.03 bits per heavy atom. The quantitative estimate of drug-likeness (QED) is 0.250. The Hall–Kier alpha value is -3.80. The monoisotopic (exact) mass is 469 g/mol. The number of esters is 1. The maximum atomic E-state index is 12.7. The van der Waals surface area contributed by atoms with Crippen LogP contribution in [0.25, 0.3) is 16.9 Å². The van der Waals surface area contributed by atoms with Gasteiger partial charge in [-0.2, -0.15) is 0 Å². The molecule has 1 fully saturated rings. The zero-order valence-electron chi connectivity index (χ0n) is 20.3. The maximum absolute atomic E-state index is 12.7. The number of fused-ring (bicyclic) bond motifs is 1. The van der Waals surface area contributed by atoms with Crippen molar-refractivity contribution in [1.29, 1.82) is 0 Å². The molecule has 5 rings (SSSR count). The minimum absolute atomic E-state index is 0.0244. The zero-order valence-corrected chi connectivity index (χ0v) is 20.3. The topological polar surface area (TPSA) is 64.9 Å². The Bertz CT molecular complexity index is 1320. The third kappa shape index (κ3) is 5.02. The first kappa shape index (κ1) is 23.0. The zero-order chi connectivity index (χ0) is 24.2. The summed E-state index contributed by atoms with van der Waals surface area (Å²) in [5, 5.41) is 3.57. The van der Waals surface area contributed by atoms with Crippen molar-refractivity contribution in [2.45, 2.75) is 45.6 Å². The van der Waals surface area contributed by atoms with Gasteiger partial charge < -0.3 is 14.8 Å². The number of benzene rings is 2. The predicted molar refractivity (Wildman–Crippen MR) is 138 cm³/mol. The Labute approximate surface area is 205 Å². The van der Waals surface area contributed by atoms with Crippen LogP contribution >= 0.6 is 0 Å². The van der Waals surface area contributed by atoms with Crippen molar-refractivity contribution in [3.63, 3.8) is 0 Å². The Kier molecular flexibility index (Phi) is 6.70. The number of imidazole rings is 1. The first-order valence-electron chi connectivity index (χ1n) is 12.3. The minimum atomic E-state index is -0.163. The van der Waals surface area contributed by atoms with Crippen molar-refractivity contribution >= 4 is 17.4 Å². The van der Waals surface area contributed by atoms with Crippen LogP contribution in [0.15, 0.2) is 66.9 Å². The molecular formula is C29H31N3O3. The SMILES string of the molecule is COc1cc(-c2nc3cc(C)ccn3c2NCc2ccccc2)ccc1OC(=O)C1CCCCC1. The van der Waals surface area contributed by atoms with Gasteiger partial charge in [-0.15, -0.1) is 0 Å². The van der Waals surface area contributed by atoms with Gasteiger partial charge in [0, 0.05) is 18.3 Å². The molecule has 180 valence electrons. The fraction of sp³-hybridized carbons (Fsp3) is 0.310. The molecule has 0 atom stereocenters. The number of methoxy groups -OCH3 is 1. The number of hydrogen-bond acceptors (Lipinski definition) is 5. The maximum Gasteiger partial charge on any atom is 0.314 e. The van der Waals surface area contributed by atoms with Crippen LogP contribution in [0, 0.1) is 12.8 Å². The molecule has 2 heterocycles. The van der Waals surface area contributed by atoms with Crippen LogP contribution < -0.4 is 14.8 Å². The molecule has 1 aliphatic rings. The number of carbonyl (C=O) groups is 1. The summed E-state index contributed by atoms with van der Waals surface area (Å²) < 4.78 is 13.5.